The van der Waals surface area contributed by atoms with Crippen molar-refractivity contribution in [2.24, 2.45) is 0 Å². The summed E-state index contributed by atoms with van der Waals surface area (Å²) < 4.78 is 29.1. The van der Waals surface area contributed by atoms with E-state index in [4.69, 9.17) is 13.9 Å². The van der Waals surface area contributed by atoms with E-state index in [1.165, 1.54) is 49.8 Å². The maximum atomic E-state index is 13.7. The van der Waals surface area contributed by atoms with Crippen molar-refractivity contribution in [3.63, 3.8) is 0 Å². The van der Waals surface area contributed by atoms with E-state index < -0.39 is 17.6 Å². The summed E-state index contributed by atoms with van der Waals surface area (Å²) in [5.74, 6) is -1.23. The molecule has 3 aromatic rings. The van der Waals surface area contributed by atoms with Crippen molar-refractivity contribution in [3.05, 3.63) is 89.6 Å². The van der Waals surface area contributed by atoms with Gasteiger partial charge < -0.3 is 13.9 Å². The lowest BCUT2D eigenvalue weighted by molar-refractivity contribution is 0.0699. The van der Waals surface area contributed by atoms with E-state index in [1.807, 2.05) is 0 Å². The molecule has 0 aliphatic carbocycles. The molecule has 5 nitrogen and oxygen atoms in total. The van der Waals surface area contributed by atoms with Crippen molar-refractivity contribution >= 4 is 17.8 Å². The van der Waals surface area contributed by atoms with Crippen LogP contribution in [-0.4, -0.2) is 18.9 Å². The number of esters is 1. The van der Waals surface area contributed by atoms with Crippen molar-refractivity contribution in [1.82, 2.24) is 0 Å². The highest BCUT2D eigenvalue weighted by atomic mass is 19.1. The van der Waals surface area contributed by atoms with E-state index in [9.17, 15) is 14.0 Å². The average molecular weight is 366 g/mol. The van der Waals surface area contributed by atoms with E-state index in [-0.39, 0.29) is 22.6 Å². The fraction of sp³-hybridized carbons (Fsp3) is 0.0476. The predicted molar refractivity (Wildman–Crippen MR) is 96.4 cm³/mol. The van der Waals surface area contributed by atoms with E-state index in [1.54, 1.807) is 30.3 Å². The Morgan fingerprint density at radius 3 is 2.59 bits per heavy atom. The molecule has 2 aromatic carbocycles. The molecule has 1 aromatic heterocycles. The van der Waals surface area contributed by atoms with Gasteiger partial charge in [-0.05, 0) is 42.5 Å². The second-order valence-electron chi connectivity index (χ2n) is 5.45. The summed E-state index contributed by atoms with van der Waals surface area (Å²) in [4.78, 5) is 24.7. The normalized spacial score (nSPS) is 10.7. The number of carbonyl (C=O) groups excluding carboxylic acids is 2. The molecular formula is C21H15FO5. The van der Waals surface area contributed by atoms with Crippen molar-refractivity contribution < 1.29 is 27.9 Å². The maximum Gasteiger partial charge on any atom is 0.379 e. The summed E-state index contributed by atoms with van der Waals surface area (Å²) >= 11 is 0. The molecule has 0 atom stereocenters. The van der Waals surface area contributed by atoms with Crippen LogP contribution in [0.3, 0.4) is 0 Å². The van der Waals surface area contributed by atoms with Crippen LogP contribution in [0.2, 0.25) is 0 Å². The van der Waals surface area contributed by atoms with Gasteiger partial charge >= 0.3 is 5.97 Å². The Kier molecular flexibility index (Phi) is 5.47. The molecule has 0 radical (unpaired) electrons. The zero-order chi connectivity index (χ0) is 19.2. The molecule has 136 valence electrons. The fourth-order valence-electron chi connectivity index (χ4n) is 2.33. The number of benzene rings is 2. The molecule has 0 unspecified atom stereocenters. The third-order valence-electron chi connectivity index (χ3n) is 3.70. The lowest BCUT2D eigenvalue weighted by Crippen LogP contribution is -2.10. The van der Waals surface area contributed by atoms with Crippen LogP contribution in [0.5, 0.6) is 11.5 Å². The quantitative estimate of drug-likeness (QED) is 0.277. The minimum absolute atomic E-state index is 0.00174. The van der Waals surface area contributed by atoms with Crippen LogP contribution in [0.1, 0.15) is 26.5 Å². The molecule has 0 amide bonds. The number of halogens is 1. The second-order valence-corrected chi connectivity index (χ2v) is 5.45. The van der Waals surface area contributed by atoms with E-state index >= 15 is 0 Å². The molecule has 0 aliphatic heterocycles. The van der Waals surface area contributed by atoms with Gasteiger partial charge in [0.05, 0.1) is 18.9 Å². The van der Waals surface area contributed by atoms with Gasteiger partial charge in [-0.1, -0.05) is 18.2 Å². The Bertz CT molecular complexity index is 990. The predicted octanol–water partition coefficient (Wildman–Crippen LogP) is 4.54. The Morgan fingerprint density at radius 2 is 1.89 bits per heavy atom. The van der Waals surface area contributed by atoms with Crippen molar-refractivity contribution in [1.29, 1.82) is 0 Å². The van der Waals surface area contributed by atoms with Crippen molar-refractivity contribution in [3.8, 4) is 11.5 Å². The number of carbonyl (C=O) groups is 2. The average Bonchev–Trinajstić information content (AvgIpc) is 3.22. The molecule has 0 spiro atoms. The fourth-order valence-corrected chi connectivity index (χ4v) is 2.33. The molecule has 0 N–H and O–H groups in total. The first kappa shape index (κ1) is 18.1. The van der Waals surface area contributed by atoms with Gasteiger partial charge in [-0.2, -0.15) is 0 Å². The molecular weight excluding hydrogens is 351 g/mol. The largest absolute Gasteiger partial charge is 0.497 e. The number of ether oxygens (including phenoxy) is 2. The Hall–Kier alpha value is -3.67. The SMILES string of the molecule is COc1ccc(C(=O)/C=C\c2ccccc2F)c(OC(=O)c2ccco2)c1. The Balaban J connectivity index is 1.88. The number of allylic oxidation sites excluding steroid dienone is 1. The van der Waals surface area contributed by atoms with Gasteiger partial charge in [0.15, 0.2) is 5.78 Å². The maximum absolute atomic E-state index is 13.7. The number of methoxy groups -OCH3 is 1. The molecule has 0 aliphatic rings. The van der Waals surface area contributed by atoms with Crippen LogP contribution in [0.15, 0.2) is 71.4 Å². The smallest absolute Gasteiger partial charge is 0.379 e. The monoisotopic (exact) mass is 366 g/mol. The summed E-state index contributed by atoms with van der Waals surface area (Å²) in [5.41, 5.74) is 0.400. The Morgan fingerprint density at radius 1 is 1.07 bits per heavy atom. The molecule has 0 bridgehead atoms. The zero-order valence-corrected chi connectivity index (χ0v) is 14.3. The zero-order valence-electron chi connectivity index (χ0n) is 14.3. The van der Waals surface area contributed by atoms with Gasteiger partial charge in [-0.15, -0.1) is 0 Å². The van der Waals surface area contributed by atoms with Crippen LogP contribution >= 0.6 is 0 Å². The van der Waals surface area contributed by atoms with E-state index in [0.717, 1.165) is 0 Å². The summed E-state index contributed by atoms with van der Waals surface area (Å²) in [7, 11) is 1.45. The molecule has 0 saturated carbocycles. The number of hydrogen-bond acceptors (Lipinski definition) is 5. The highest BCUT2D eigenvalue weighted by Gasteiger charge is 2.18. The second kappa shape index (κ2) is 8.14. The van der Waals surface area contributed by atoms with Crippen LogP contribution in [-0.2, 0) is 0 Å². The number of furan rings is 1. The van der Waals surface area contributed by atoms with Gasteiger partial charge in [0, 0.05) is 11.6 Å². The minimum atomic E-state index is -0.750. The first-order chi connectivity index (χ1) is 13.1. The van der Waals surface area contributed by atoms with Gasteiger partial charge in [0.25, 0.3) is 0 Å². The van der Waals surface area contributed by atoms with Crippen LogP contribution in [0.4, 0.5) is 4.39 Å². The number of hydrogen-bond donors (Lipinski definition) is 0. The standard InChI is InChI=1S/C21H15FO5/c1-25-15-9-10-16(18(23)11-8-14-5-2-3-6-17(14)22)20(13-15)27-21(24)19-7-4-12-26-19/h2-13H,1H3/b11-8-. The van der Waals surface area contributed by atoms with Crippen molar-refractivity contribution in [2.75, 3.05) is 7.11 Å². The molecule has 1 heterocycles. The van der Waals surface area contributed by atoms with Crippen LogP contribution in [0.25, 0.3) is 6.08 Å². The van der Waals surface area contributed by atoms with Crippen LogP contribution < -0.4 is 9.47 Å². The molecule has 3 rings (SSSR count). The summed E-state index contributed by atoms with van der Waals surface area (Å²) in [5, 5.41) is 0. The lowest BCUT2D eigenvalue weighted by Gasteiger charge is -2.09. The lowest BCUT2D eigenvalue weighted by atomic mass is 10.1. The topological polar surface area (TPSA) is 65.7 Å². The summed E-state index contributed by atoms with van der Waals surface area (Å²) in [6.07, 6.45) is 3.91. The van der Waals surface area contributed by atoms with Gasteiger partial charge in [-0.3, -0.25) is 4.79 Å². The third-order valence-corrected chi connectivity index (χ3v) is 3.70. The third kappa shape index (κ3) is 4.30. The molecule has 0 saturated heterocycles. The molecule has 27 heavy (non-hydrogen) atoms. The summed E-state index contributed by atoms with van der Waals surface area (Å²) in [6.45, 7) is 0. The number of ketones is 1. The van der Waals surface area contributed by atoms with Gasteiger partial charge in [-0.25, -0.2) is 9.18 Å². The molecule has 0 fully saturated rings. The van der Waals surface area contributed by atoms with E-state index in [0.29, 0.717) is 5.75 Å². The van der Waals surface area contributed by atoms with Gasteiger partial charge in [0.1, 0.15) is 17.3 Å². The first-order valence-electron chi connectivity index (χ1n) is 7.99. The highest BCUT2D eigenvalue weighted by molar-refractivity contribution is 6.09. The molecule has 6 heteroatoms. The van der Waals surface area contributed by atoms with Gasteiger partial charge in [0.2, 0.25) is 5.76 Å². The van der Waals surface area contributed by atoms with Crippen LogP contribution in [0, 0.1) is 5.82 Å². The van der Waals surface area contributed by atoms with E-state index in [2.05, 4.69) is 0 Å². The summed E-state index contributed by atoms with van der Waals surface area (Å²) in [6, 6.07) is 13.5. The van der Waals surface area contributed by atoms with Crippen molar-refractivity contribution in [2.45, 2.75) is 0 Å². The minimum Gasteiger partial charge on any atom is -0.497 e. The highest BCUT2D eigenvalue weighted by Crippen LogP contribution is 2.27. The number of rotatable bonds is 6. The Labute approximate surface area is 154 Å². The first-order valence-corrected chi connectivity index (χ1v) is 7.99.